The van der Waals surface area contributed by atoms with Crippen molar-refractivity contribution >= 4 is 5.91 Å². The monoisotopic (exact) mass is 256 g/mol. The molecule has 2 aromatic rings. The van der Waals surface area contributed by atoms with E-state index in [1.54, 1.807) is 0 Å². The molecule has 0 saturated carbocycles. The molecule has 18 heavy (non-hydrogen) atoms. The van der Waals surface area contributed by atoms with Gasteiger partial charge in [-0.25, -0.2) is 4.98 Å². The zero-order chi connectivity index (χ0) is 13.3. The van der Waals surface area contributed by atoms with Gasteiger partial charge in [0, 0.05) is 5.56 Å². The van der Waals surface area contributed by atoms with Crippen LogP contribution in [0.25, 0.3) is 11.3 Å². The third kappa shape index (κ3) is 2.34. The average Bonchev–Trinajstić information content (AvgIpc) is 2.77. The highest BCUT2D eigenvalue weighted by Crippen LogP contribution is 2.31. The number of hydrogen-bond acceptors (Lipinski definition) is 3. The number of carbonyl (C=O) groups is 1. The zero-order valence-corrected chi connectivity index (χ0v) is 8.86. The summed E-state index contributed by atoms with van der Waals surface area (Å²) in [5.41, 5.74) is 4.44. The topological polar surface area (TPSA) is 69.1 Å². The van der Waals surface area contributed by atoms with Crippen LogP contribution in [0, 0.1) is 0 Å². The number of benzene rings is 1. The summed E-state index contributed by atoms with van der Waals surface area (Å²) in [5, 5.41) is 0. The zero-order valence-electron chi connectivity index (χ0n) is 8.86. The number of primary amides is 1. The summed E-state index contributed by atoms with van der Waals surface area (Å²) in [4.78, 5) is 14.5. The lowest BCUT2D eigenvalue weighted by molar-refractivity contribution is -0.137. The van der Waals surface area contributed by atoms with E-state index in [0.717, 1.165) is 18.4 Å². The van der Waals surface area contributed by atoms with Crippen LogP contribution < -0.4 is 5.73 Å². The van der Waals surface area contributed by atoms with Gasteiger partial charge in [-0.05, 0) is 12.1 Å². The van der Waals surface area contributed by atoms with Crippen LogP contribution in [0.2, 0.25) is 0 Å². The lowest BCUT2D eigenvalue weighted by atomic mass is 10.1. The number of hydrogen-bond donors (Lipinski definition) is 1. The van der Waals surface area contributed by atoms with Crippen molar-refractivity contribution in [3.8, 4) is 11.3 Å². The number of oxazole rings is 1. The molecule has 0 aliphatic carbocycles. The molecule has 2 rings (SSSR count). The fraction of sp³-hybridized carbons (Fsp3) is 0.0909. The summed E-state index contributed by atoms with van der Waals surface area (Å²) >= 11 is 0. The van der Waals surface area contributed by atoms with Crippen LogP contribution in [0.3, 0.4) is 0 Å². The SMILES string of the molecule is NC(=O)c1nc(-c2cccc(C(F)(F)F)c2)co1. The second-order valence-corrected chi connectivity index (χ2v) is 3.48. The van der Waals surface area contributed by atoms with Gasteiger partial charge in [0.05, 0.1) is 5.56 Å². The molecular weight excluding hydrogens is 249 g/mol. The van der Waals surface area contributed by atoms with E-state index < -0.39 is 17.6 Å². The normalized spacial score (nSPS) is 11.5. The summed E-state index contributed by atoms with van der Waals surface area (Å²) in [5.74, 6) is -1.23. The van der Waals surface area contributed by atoms with Crippen molar-refractivity contribution in [1.82, 2.24) is 4.98 Å². The fourth-order valence-electron chi connectivity index (χ4n) is 1.37. The molecule has 0 aliphatic rings. The highest BCUT2D eigenvalue weighted by molar-refractivity contribution is 5.88. The van der Waals surface area contributed by atoms with E-state index in [-0.39, 0.29) is 17.1 Å². The molecule has 2 N–H and O–H groups in total. The molecule has 1 amide bonds. The smallest absolute Gasteiger partial charge is 0.416 e. The molecule has 0 spiro atoms. The van der Waals surface area contributed by atoms with Crippen LogP contribution in [-0.4, -0.2) is 10.9 Å². The molecule has 0 bridgehead atoms. The summed E-state index contributed by atoms with van der Waals surface area (Å²) in [6, 6.07) is 4.54. The van der Waals surface area contributed by atoms with Crippen molar-refractivity contribution in [3.63, 3.8) is 0 Å². The Bertz CT molecular complexity index is 590. The maximum absolute atomic E-state index is 12.5. The maximum atomic E-state index is 12.5. The van der Waals surface area contributed by atoms with E-state index in [9.17, 15) is 18.0 Å². The molecule has 1 heterocycles. The van der Waals surface area contributed by atoms with Gasteiger partial charge in [-0.1, -0.05) is 12.1 Å². The molecule has 0 radical (unpaired) electrons. The number of aromatic nitrogens is 1. The van der Waals surface area contributed by atoms with E-state index in [0.29, 0.717) is 0 Å². The molecule has 0 unspecified atom stereocenters. The van der Waals surface area contributed by atoms with Gasteiger partial charge >= 0.3 is 12.1 Å². The first-order valence-corrected chi connectivity index (χ1v) is 4.81. The van der Waals surface area contributed by atoms with Crippen LogP contribution in [0.1, 0.15) is 16.2 Å². The van der Waals surface area contributed by atoms with Crippen LogP contribution in [0.5, 0.6) is 0 Å². The first kappa shape index (κ1) is 12.2. The van der Waals surface area contributed by atoms with Crippen molar-refractivity contribution in [1.29, 1.82) is 0 Å². The summed E-state index contributed by atoms with van der Waals surface area (Å²) in [6.07, 6.45) is -3.36. The second kappa shape index (κ2) is 4.17. The molecule has 7 heteroatoms. The van der Waals surface area contributed by atoms with Crippen molar-refractivity contribution in [3.05, 3.63) is 42.0 Å². The highest BCUT2D eigenvalue weighted by Gasteiger charge is 2.30. The van der Waals surface area contributed by atoms with E-state index in [2.05, 4.69) is 4.98 Å². The van der Waals surface area contributed by atoms with Crippen LogP contribution in [0.15, 0.2) is 34.9 Å². The Morgan fingerprint density at radius 1 is 1.33 bits per heavy atom. The van der Waals surface area contributed by atoms with Crippen molar-refractivity contribution < 1.29 is 22.4 Å². The number of carbonyl (C=O) groups excluding carboxylic acids is 1. The van der Waals surface area contributed by atoms with Gasteiger partial charge in [0.15, 0.2) is 0 Å². The van der Waals surface area contributed by atoms with Crippen molar-refractivity contribution in [2.45, 2.75) is 6.18 Å². The van der Waals surface area contributed by atoms with Gasteiger partial charge in [-0.15, -0.1) is 0 Å². The average molecular weight is 256 g/mol. The Morgan fingerprint density at radius 2 is 2.06 bits per heavy atom. The molecular formula is C11H7F3N2O2. The second-order valence-electron chi connectivity index (χ2n) is 3.48. The number of alkyl halides is 3. The number of halogens is 3. The number of rotatable bonds is 2. The Morgan fingerprint density at radius 3 is 2.61 bits per heavy atom. The summed E-state index contributed by atoms with van der Waals surface area (Å²) < 4.78 is 42.2. The number of amides is 1. The minimum atomic E-state index is -4.44. The van der Waals surface area contributed by atoms with Gasteiger partial charge in [0.25, 0.3) is 5.89 Å². The van der Waals surface area contributed by atoms with E-state index in [4.69, 9.17) is 10.2 Å². The Labute approximate surface area is 99.2 Å². The van der Waals surface area contributed by atoms with Crippen LogP contribution >= 0.6 is 0 Å². The molecule has 0 saturated heterocycles. The molecule has 0 aliphatic heterocycles. The maximum Gasteiger partial charge on any atom is 0.416 e. The minimum Gasteiger partial charge on any atom is -0.440 e. The van der Waals surface area contributed by atoms with Crippen LogP contribution in [0.4, 0.5) is 13.2 Å². The van der Waals surface area contributed by atoms with Gasteiger partial charge in [0.1, 0.15) is 12.0 Å². The first-order valence-electron chi connectivity index (χ1n) is 4.81. The minimum absolute atomic E-state index is 0.120. The van der Waals surface area contributed by atoms with E-state index >= 15 is 0 Å². The molecule has 94 valence electrons. The van der Waals surface area contributed by atoms with E-state index in [1.807, 2.05) is 0 Å². The lowest BCUT2D eigenvalue weighted by Crippen LogP contribution is -2.11. The Kier molecular flexibility index (Phi) is 2.82. The largest absolute Gasteiger partial charge is 0.440 e. The highest BCUT2D eigenvalue weighted by atomic mass is 19.4. The predicted molar refractivity (Wildman–Crippen MR) is 55.5 cm³/mol. The molecule has 1 aromatic carbocycles. The number of nitrogens with two attached hydrogens (primary N) is 1. The molecule has 0 fully saturated rings. The first-order chi connectivity index (χ1) is 8.38. The standard InChI is InChI=1S/C11H7F3N2O2/c12-11(13,14)7-3-1-2-6(4-7)8-5-18-10(16-8)9(15)17/h1-5H,(H2,15,17). The molecule has 1 aromatic heterocycles. The quantitative estimate of drug-likeness (QED) is 0.897. The van der Waals surface area contributed by atoms with Gasteiger partial charge in [-0.2, -0.15) is 13.2 Å². The third-order valence-electron chi connectivity index (χ3n) is 2.20. The Hall–Kier alpha value is -2.31. The Balaban J connectivity index is 2.41. The van der Waals surface area contributed by atoms with Gasteiger partial charge in [0.2, 0.25) is 0 Å². The van der Waals surface area contributed by atoms with Crippen molar-refractivity contribution in [2.75, 3.05) is 0 Å². The molecule has 4 nitrogen and oxygen atoms in total. The predicted octanol–water partition coefficient (Wildman–Crippen LogP) is 2.46. The van der Waals surface area contributed by atoms with E-state index in [1.165, 1.54) is 12.1 Å². The van der Waals surface area contributed by atoms with Gasteiger partial charge < -0.3 is 10.2 Å². The number of nitrogens with zero attached hydrogens (tertiary/aromatic N) is 1. The summed E-state index contributed by atoms with van der Waals surface area (Å²) in [6.45, 7) is 0. The lowest BCUT2D eigenvalue weighted by Gasteiger charge is -2.06. The third-order valence-corrected chi connectivity index (χ3v) is 2.20. The van der Waals surface area contributed by atoms with Crippen molar-refractivity contribution in [2.24, 2.45) is 5.73 Å². The fourth-order valence-corrected chi connectivity index (χ4v) is 1.37. The molecule has 0 atom stereocenters. The van der Waals surface area contributed by atoms with Gasteiger partial charge in [-0.3, -0.25) is 4.79 Å². The summed E-state index contributed by atoms with van der Waals surface area (Å²) in [7, 11) is 0. The van der Waals surface area contributed by atoms with Crippen LogP contribution in [-0.2, 0) is 6.18 Å².